The normalized spacial score (nSPS) is 10.8. The van der Waals surface area contributed by atoms with Crippen LogP contribution in [-0.4, -0.2) is 26.1 Å². The third kappa shape index (κ3) is 3.29. The Morgan fingerprint density at radius 2 is 2.11 bits per heavy atom. The lowest BCUT2D eigenvalue weighted by molar-refractivity contribution is 0.102. The molecule has 0 bridgehead atoms. The molecular formula is C12H14ClN5O. The molecule has 0 saturated carbocycles. The number of carbonyl (C=O) groups is 1. The zero-order valence-electron chi connectivity index (χ0n) is 10.9. The highest BCUT2D eigenvalue weighted by atomic mass is 35.5. The lowest BCUT2D eigenvalue weighted by atomic mass is 10.1. The topological polar surface area (TPSA) is 83.6 Å². The summed E-state index contributed by atoms with van der Waals surface area (Å²) < 4.78 is 0. The van der Waals surface area contributed by atoms with Gasteiger partial charge >= 0.3 is 0 Å². The van der Waals surface area contributed by atoms with Crippen LogP contribution in [-0.2, 0) is 0 Å². The first-order valence-corrected chi connectivity index (χ1v) is 6.21. The van der Waals surface area contributed by atoms with Gasteiger partial charge < -0.3 is 0 Å². The third-order valence-electron chi connectivity index (χ3n) is 2.49. The van der Waals surface area contributed by atoms with E-state index < -0.39 is 0 Å². The number of hydrogen-bond donors (Lipinski definition) is 2. The van der Waals surface area contributed by atoms with Crippen LogP contribution in [0.4, 0.5) is 5.95 Å². The summed E-state index contributed by atoms with van der Waals surface area (Å²) in [5.41, 5.74) is 1.20. The van der Waals surface area contributed by atoms with E-state index in [1.165, 1.54) is 6.07 Å². The summed E-state index contributed by atoms with van der Waals surface area (Å²) in [7, 11) is 0. The van der Waals surface area contributed by atoms with E-state index >= 15 is 0 Å². The van der Waals surface area contributed by atoms with Crippen LogP contribution in [0.15, 0.2) is 12.1 Å². The van der Waals surface area contributed by atoms with Gasteiger partial charge in [0.15, 0.2) is 0 Å². The molecule has 7 heteroatoms. The smallest absolute Gasteiger partial charge is 0.258 e. The number of halogens is 1. The molecule has 6 nitrogen and oxygen atoms in total. The van der Waals surface area contributed by atoms with Crippen molar-refractivity contribution in [3.63, 3.8) is 0 Å². The molecular weight excluding hydrogens is 266 g/mol. The van der Waals surface area contributed by atoms with Gasteiger partial charge in [0.1, 0.15) is 11.0 Å². The molecule has 100 valence electrons. The van der Waals surface area contributed by atoms with Gasteiger partial charge in [-0.05, 0) is 25.0 Å². The molecule has 2 aromatic rings. The fraction of sp³-hybridized carbons (Fsp3) is 0.333. The second-order valence-electron chi connectivity index (χ2n) is 4.46. The maximum Gasteiger partial charge on any atom is 0.258 e. The molecule has 2 N–H and O–H groups in total. The van der Waals surface area contributed by atoms with E-state index in [1.54, 1.807) is 13.0 Å². The van der Waals surface area contributed by atoms with Gasteiger partial charge in [-0.1, -0.05) is 25.4 Å². The number of carbonyl (C=O) groups excluding carboxylic acids is 1. The van der Waals surface area contributed by atoms with Gasteiger partial charge in [-0.15, -0.1) is 5.10 Å². The summed E-state index contributed by atoms with van der Waals surface area (Å²) in [6.45, 7) is 5.72. The molecule has 0 atom stereocenters. The van der Waals surface area contributed by atoms with E-state index in [9.17, 15) is 4.79 Å². The standard InChI is InChI=1S/C12H14ClN5O/c1-6(2)9-4-8(5-10(13)15-9)11(19)16-12-14-7(3)17-18-12/h4-6H,1-3H3,(H2,14,16,17,18,19). The Morgan fingerprint density at radius 1 is 1.37 bits per heavy atom. The molecule has 0 aliphatic carbocycles. The number of rotatable bonds is 3. The Hall–Kier alpha value is -1.95. The Kier molecular flexibility index (Phi) is 3.80. The van der Waals surface area contributed by atoms with Crippen molar-refractivity contribution in [1.82, 2.24) is 20.2 Å². The van der Waals surface area contributed by atoms with Crippen molar-refractivity contribution < 1.29 is 4.79 Å². The average Bonchev–Trinajstić information content (AvgIpc) is 2.73. The summed E-state index contributed by atoms with van der Waals surface area (Å²) >= 11 is 5.92. The van der Waals surface area contributed by atoms with Crippen molar-refractivity contribution in [3.05, 3.63) is 34.4 Å². The van der Waals surface area contributed by atoms with Gasteiger partial charge in [0, 0.05) is 11.3 Å². The van der Waals surface area contributed by atoms with Gasteiger partial charge in [0.25, 0.3) is 5.91 Å². The number of nitrogens with one attached hydrogen (secondary N) is 2. The number of anilines is 1. The fourth-order valence-electron chi connectivity index (χ4n) is 1.52. The minimum absolute atomic E-state index is 0.191. The first kappa shape index (κ1) is 13.5. The van der Waals surface area contributed by atoms with Gasteiger partial charge in [-0.3, -0.25) is 15.2 Å². The van der Waals surface area contributed by atoms with E-state index in [1.807, 2.05) is 13.8 Å². The Morgan fingerprint density at radius 3 is 2.68 bits per heavy atom. The van der Waals surface area contributed by atoms with Gasteiger partial charge in [0.2, 0.25) is 5.95 Å². The van der Waals surface area contributed by atoms with E-state index in [2.05, 4.69) is 25.5 Å². The van der Waals surface area contributed by atoms with Crippen LogP contribution < -0.4 is 5.32 Å². The van der Waals surface area contributed by atoms with Crippen LogP contribution in [0.25, 0.3) is 0 Å². The molecule has 1 amide bonds. The molecule has 0 fully saturated rings. The molecule has 0 spiro atoms. The first-order chi connectivity index (χ1) is 8.95. The molecule has 0 aliphatic rings. The van der Waals surface area contributed by atoms with Gasteiger partial charge in [0.05, 0.1) is 0 Å². The predicted octanol–water partition coefficient (Wildman–Crippen LogP) is 2.54. The SMILES string of the molecule is Cc1nc(NC(=O)c2cc(Cl)nc(C(C)C)c2)n[nH]1. The predicted molar refractivity (Wildman–Crippen MR) is 72.4 cm³/mol. The average molecular weight is 280 g/mol. The summed E-state index contributed by atoms with van der Waals surface area (Å²) in [5, 5.41) is 9.38. The largest absolute Gasteiger partial charge is 0.289 e. The lowest BCUT2D eigenvalue weighted by Crippen LogP contribution is -2.14. The molecule has 0 aromatic carbocycles. The number of hydrogen-bond acceptors (Lipinski definition) is 4. The maximum absolute atomic E-state index is 12.1. The van der Waals surface area contributed by atoms with Crippen LogP contribution in [0.2, 0.25) is 5.15 Å². The minimum Gasteiger partial charge on any atom is -0.289 e. The third-order valence-corrected chi connectivity index (χ3v) is 2.68. The molecule has 2 heterocycles. The van der Waals surface area contributed by atoms with Crippen LogP contribution in [0.5, 0.6) is 0 Å². The molecule has 2 rings (SSSR count). The molecule has 2 aromatic heterocycles. The second kappa shape index (κ2) is 5.36. The highest BCUT2D eigenvalue weighted by Gasteiger charge is 2.13. The molecule has 0 radical (unpaired) electrons. The van der Waals surface area contributed by atoms with Crippen LogP contribution in [0.1, 0.15) is 41.6 Å². The van der Waals surface area contributed by atoms with Crippen molar-refractivity contribution in [2.24, 2.45) is 0 Å². The van der Waals surface area contributed by atoms with E-state index in [0.29, 0.717) is 16.5 Å². The second-order valence-corrected chi connectivity index (χ2v) is 4.84. The van der Waals surface area contributed by atoms with Crippen molar-refractivity contribution in [2.75, 3.05) is 5.32 Å². The fourth-order valence-corrected chi connectivity index (χ4v) is 1.73. The zero-order chi connectivity index (χ0) is 14.0. The molecule has 19 heavy (non-hydrogen) atoms. The maximum atomic E-state index is 12.1. The molecule has 0 saturated heterocycles. The highest BCUT2D eigenvalue weighted by Crippen LogP contribution is 2.18. The van der Waals surface area contributed by atoms with Crippen molar-refractivity contribution in [2.45, 2.75) is 26.7 Å². The number of nitrogens with zero attached hydrogens (tertiary/aromatic N) is 3. The minimum atomic E-state index is -0.315. The number of aryl methyl sites for hydroxylation is 1. The summed E-state index contributed by atoms with van der Waals surface area (Å²) in [4.78, 5) is 20.2. The number of amides is 1. The van der Waals surface area contributed by atoms with Crippen LogP contribution >= 0.6 is 11.6 Å². The van der Waals surface area contributed by atoms with Crippen molar-refractivity contribution in [1.29, 1.82) is 0 Å². The quantitative estimate of drug-likeness (QED) is 0.846. The zero-order valence-corrected chi connectivity index (χ0v) is 11.6. The van der Waals surface area contributed by atoms with Crippen LogP contribution in [0, 0.1) is 6.92 Å². The number of aromatic amines is 1. The first-order valence-electron chi connectivity index (χ1n) is 5.83. The Balaban J connectivity index is 2.23. The molecule has 0 aliphatic heterocycles. The molecule has 0 unspecified atom stereocenters. The monoisotopic (exact) mass is 279 g/mol. The van der Waals surface area contributed by atoms with E-state index in [0.717, 1.165) is 5.69 Å². The lowest BCUT2D eigenvalue weighted by Gasteiger charge is -2.07. The number of H-pyrrole nitrogens is 1. The summed E-state index contributed by atoms with van der Waals surface area (Å²) in [5.74, 6) is 0.744. The van der Waals surface area contributed by atoms with Gasteiger partial charge in [-0.25, -0.2) is 4.98 Å². The number of pyridine rings is 1. The Bertz CT molecular complexity index is 608. The van der Waals surface area contributed by atoms with Crippen molar-refractivity contribution in [3.8, 4) is 0 Å². The van der Waals surface area contributed by atoms with E-state index in [4.69, 9.17) is 11.6 Å². The summed E-state index contributed by atoms with van der Waals surface area (Å²) in [6.07, 6.45) is 0. The number of aromatic nitrogens is 4. The van der Waals surface area contributed by atoms with Crippen molar-refractivity contribution >= 4 is 23.5 Å². The van der Waals surface area contributed by atoms with Gasteiger partial charge in [-0.2, -0.15) is 4.98 Å². The van der Waals surface area contributed by atoms with E-state index in [-0.39, 0.29) is 17.8 Å². The highest BCUT2D eigenvalue weighted by molar-refractivity contribution is 6.29. The van der Waals surface area contributed by atoms with Crippen LogP contribution in [0.3, 0.4) is 0 Å². The Labute approximate surface area is 115 Å². The summed E-state index contributed by atoms with van der Waals surface area (Å²) in [6, 6.07) is 3.23.